The van der Waals surface area contributed by atoms with Gasteiger partial charge in [0.1, 0.15) is 0 Å². The Balaban J connectivity index is 2.40. The van der Waals surface area contributed by atoms with Crippen LogP contribution >= 0.6 is 7.82 Å². The number of alkyl halides is 3. The monoisotopic (exact) mass is 452 g/mol. The lowest BCUT2D eigenvalue weighted by molar-refractivity contribution is -0.275. The highest BCUT2D eigenvalue weighted by molar-refractivity contribution is 7.46. The lowest BCUT2D eigenvalue weighted by atomic mass is 10.2. The molecule has 2 aromatic rings. The summed E-state index contributed by atoms with van der Waals surface area (Å²) in [5.74, 6) is -1.55. The minimum absolute atomic E-state index is 0.0364. The van der Waals surface area contributed by atoms with E-state index in [0.29, 0.717) is 0 Å². The molecule has 0 unspecified atom stereocenters. The van der Waals surface area contributed by atoms with Gasteiger partial charge in [-0.3, -0.25) is 9.79 Å². The van der Waals surface area contributed by atoms with Crippen molar-refractivity contribution in [3.63, 3.8) is 0 Å². The minimum atomic E-state index is -4.97. The summed E-state index contributed by atoms with van der Waals surface area (Å²) in [5, 5.41) is 7.72. The van der Waals surface area contributed by atoms with E-state index in [1.165, 1.54) is 19.2 Å². The van der Waals surface area contributed by atoms with Crippen LogP contribution in [-0.4, -0.2) is 37.5 Å². The lowest BCUT2D eigenvalue weighted by Crippen LogP contribution is -2.18. The first-order valence-corrected chi connectivity index (χ1v) is 9.35. The maximum Gasteiger partial charge on any atom is 0.573 e. The van der Waals surface area contributed by atoms with Crippen LogP contribution < -0.4 is 23.5 Å². The van der Waals surface area contributed by atoms with Crippen molar-refractivity contribution in [1.82, 2.24) is 0 Å². The van der Waals surface area contributed by atoms with Crippen LogP contribution in [-0.2, 0) is 4.57 Å². The van der Waals surface area contributed by atoms with Crippen LogP contribution in [0.25, 0.3) is 0 Å². The van der Waals surface area contributed by atoms with Gasteiger partial charge in [-0.05, 0) is 12.1 Å². The van der Waals surface area contributed by atoms with Gasteiger partial charge < -0.3 is 23.5 Å². The molecule has 2 N–H and O–H groups in total. The molecular formula is C16H16F3N2O8P. The SMILES string of the molecule is COc1ccc(N=Nc2cc(OC)c(OC(F)(F)F)c(OC)c2)cc1OP(=O)(O)O. The molecule has 2 rings (SSSR count). The first-order chi connectivity index (χ1) is 14.0. The molecule has 0 aliphatic rings. The number of ether oxygens (including phenoxy) is 4. The molecule has 164 valence electrons. The van der Waals surface area contributed by atoms with Crippen molar-refractivity contribution in [3.8, 4) is 28.7 Å². The molecule has 0 fully saturated rings. The van der Waals surface area contributed by atoms with Crippen LogP contribution in [0.5, 0.6) is 28.7 Å². The van der Waals surface area contributed by atoms with Crippen molar-refractivity contribution >= 4 is 19.2 Å². The molecule has 30 heavy (non-hydrogen) atoms. The predicted molar refractivity (Wildman–Crippen MR) is 96.1 cm³/mol. The Bertz CT molecular complexity index is 952. The van der Waals surface area contributed by atoms with Gasteiger partial charge in [-0.2, -0.15) is 10.2 Å². The molecule has 0 aliphatic carbocycles. The Morgan fingerprint density at radius 3 is 1.80 bits per heavy atom. The smallest absolute Gasteiger partial charge is 0.493 e. The van der Waals surface area contributed by atoms with Crippen molar-refractivity contribution in [2.45, 2.75) is 6.36 Å². The van der Waals surface area contributed by atoms with Crippen molar-refractivity contribution in [2.24, 2.45) is 10.2 Å². The second-order valence-corrected chi connectivity index (χ2v) is 6.51. The van der Waals surface area contributed by atoms with Crippen molar-refractivity contribution < 1.29 is 51.0 Å². The maximum atomic E-state index is 12.6. The van der Waals surface area contributed by atoms with E-state index >= 15 is 0 Å². The summed E-state index contributed by atoms with van der Waals surface area (Å²) in [4.78, 5) is 17.9. The molecule has 0 amide bonds. The number of benzene rings is 2. The van der Waals surface area contributed by atoms with Gasteiger partial charge in [-0.15, -0.1) is 13.2 Å². The number of methoxy groups -OCH3 is 3. The average Bonchev–Trinajstić information content (AvgIpc) is 2.64. The number of hydrogen-bond donors (Lipinski definition) is 2. The summed E-state index contributed by atoms with van der Waals surface area (Å²) in [6, 6.07) is 6.15. The van der Waals surface area contributed by atoms with E-state index in [2.05, 4.69) is 19.5 Å². The number of rotatable bonds is 8. The summed E-state index contributed by atoms with van der Waals surface area (Å²) in [5.41, 5.74) is 0.152. The maximum absolute atomic E-state index is 12.6. The third-order valence-corrected chi connectivity index (χ3v) is 3.74. The van der Waals surface area contributed by atoms with E-state index in [0.717, 1.165) is 32.4 Å². The lowest BCUT2D eigenvalue weighted by Gasteiger charge is -2.16. The van der Waals surface area contributed by atoms with E-state index in [9.17, 15) is 17.7 Å². The number of nitrogens with zero attached hydrogens (tertiary/aromatic N) is 2. The fraction of sp³-hybridized carbons (Fsp3) is 0.250. The Labute approximate surface area is 168 Å². The Hall–Kier alpha value is -3.02. The molecule has 2 aromatic carbocycles. The summed E-state index contributed by atoms with van der Waals surface area (Å²) in [7, 11) is -1.32. The molecule has 10 nitrogen and oxygen atoms in total. The van der Waals surface area contributed by atoms with Crippen LogP contribution in [0.1, 0.15) is 0 Å². The predicted octanol–water partition coefficient (Wildman–Crippen LogP) is 4.50. The molecule has 0 atom stereocenters. The summed E-state index contributed by atoms with van der Waals surface area (Å²) >= 11 is 0. The first-order valence-electron chi connectivity index (χ1n) is 7.82. The van der Waals surface area contributed by atoms with E-state index < -0.39 is 19.9 Å². The molecule has 0 aromatic heterocycles. The highest BCUT2D eigenvalue weighted by Gasteiger charge is 2.34. The summed E-state index contributed by atoms with van der Waals surface area (Å²) in [6.07, 6.45) is -4.97. The zero-order valence-electron chi connectivity index (χ0n) is 15.7. The largest absolute Gasteiger partial charge is 0.573 e. The second-order valence-electron chi connectivity index (χ2n) is 5.34. The molecule has 0 bridgehead atoms. The number of azo groups is 1. The van der Waals surface area contributed by atoms with Crippen LogP contribution in [0.3, 0.4) is 0 Å². The van der Waals surface area contributed by atoms with Gasteiger partial charge in [0, 0.05) is 18.2 Å². The Morgan fingerprint density at radius 2 is 1.33 bits per heavy atom. The molecule has 0 heterocycles. The molecule has 0 saturated heterocycles. The van der Waals surface area contributed by atoms with Gasteiger partial charge in [-0.1, -0.05) is 0 Å². The van der Waals surface area contributed by atoms with E-state index in [1.54, 1.807) is 0 Å². The highest BCUT2D eigenvalue weighted by atomic mass is 31.2. The molecule has 0 spiro atoms. The van der Waals surface area contributed by atoms with Crippen molar-refractivity contribution in [3.05, 3.63) is 30.3 Å². The number of phosphoric acid groups is 1. The molecule has 0 radical (unpaired) electrons. The first kappa shape index (κ1) is 23.3. The van der Waals surface area contributed by atoms with Crippen LogP contribution in [0.15, 0.2) is 40.6 Å². The quantitative estimate of drug-likeness (QED) is 0.443. The molecule has 0 aliphatic heterocycles. The highest BCUT2D eigenvalue weighted by Crippen LogP contribution is 2.45. The van der Waals surface area contributed by atoms with E-state index in [-0.39, 0.29) is 34.4 Å². The van der Waals surface area contributed by atoms with Gasteiger partial charge in [-0.25, -0.2) is 4.57 Å². The van der Waals surface area contributed by atoms with E-state index in [1.807, 2.05) is 0 Å². The van der Waals surface area contributed by atoms with Gasteiger partial charge in [0.2, 0.25) is 5.75 Å². The van der Waals surface area contributed by atoms with Gasteiger partial charge in [0.05, 0.1) is 32.7 Å². The van der Waals surface area contributed by atoms with Gasteiger partial charge in [0.15, 0.2) is 23.0 Å². The Kier molecular flexibility index (Phi) is 7.13. The zero-order valence-corrected chi connectivity index (χ0v) is 16.6. The van der Waals surface area contributed by atoms with Crippen LogP contribution in [0.2, 0.25) is 0 Å². The molecular weight excluding hydrogens is 436 g/mol. The van der Waals surface area contributed by atoms with Crippen molar-refractivity contribution in [2.75, 3.05) is 21.3 Å². The third kappa shape index (κ3) is 6.51. The fourth-order valence-corrected chi connectivity index (χ4v) is 2.58. The number of phosphoric ester groups is 1. The average molecular weight is 452 g/mol. The topological polar surface area (TPSA) is 128 Å². The standard InChI is InChI=1S/C16H16F3N2O8P/c1-25-11-5-4-9(6-12(11)29-30(22,23)24)20-21-10-7-13(26-2)15(14(8-10)27-3)28-16(17,18)19/h4-8H,1-3H3,(H2,22,23,24). The van der Waals surface area contributed by atoms with Crippen molar-refractivity contribution in [1.29, 1.82) is 0 Å². The van der Waals surface area contributed by atoms with E-state index in [4.69, 9.17) is 24.0 Å². The molecule has 0 saturated carbocycles. The van der Waals surface area contributed by atoms with Gasteiger partial charge >= 0.3 is 14.2 Å². The van der Waals surface area contributed by atoms with Crippen LogP contribution in [0.4, 0.5) is 24.5 Å². The number of halogens is 3. The Morgan fingerprint density at radius 1 is 0.833 bits per heavy atom. The summed E-state index contributed by atoms with van der Waals surface area (Å²) in [6.45, 7) is 0. The van der Waals surface area contributed by atoms with Gasteiger partial charge in [0.25, 0.3) is 0 Å². The molecule has 14 heteroatoms. The summed E-state index contributed by atoms with van der Waals surface area (Å²) < 4.78 is 72.1. The third-order valence-electron chi connectivity index (χ3n) is 3.31. The number of hydrogen-bond acceptors (Lipinski definition) is 8. The van der Waals surface area contributed by atoms with Crippen LogP contribution in [0, 0.1) is 0 Å². The zero-order chi connectivity index (χ0) is 22.5. The fourth-order valence-electron chi connectivity index (χ4n) is 2.18. The second kappa shape index (κ2) is 9.20. The minimum Gasteiger partial charge on any atom is -0.493 e. The normalized spacial score (nSPS) is 12.0.